The average Bonchev–Trinajstić information content (AvgIpc) is 3.59. The van der Waals surface area contributed by atoms with E-state index in [1.54, 1.807) is 0 Å². The second kappa shape index (κ2) is 9.03. The molecule has 0 saturated carbocycles. The van der Waals surface area contributed by atoms with Gasteiger partial charge in [-0.1, -0.05) is 66.7 Å². The first-order valence-corrected chi connectivity index (χ1v) is 13.3. The molecule has 0 spiro atoms. The molecule has 0 aliphatic rings. The van der Waals surface area contributed by atoms with Crippen molar-refractivity contribution in [1.29, 1.82) is 0 Å². The van der Waals surface area contributed by atoms with Crippen LogP contribution in [0.2, 0.25) is 0 Å². The molecule has 0 unspecified atom stereocenters. The van der Waals surface area contributed by atoms with E-state index in [-0.39, 0.29) is 0 Å². The molecule has 0 N–H and O–H groups in total. The smallest absolute Gasteiger partial charge is 0.146 e. The summed E-state index contributed by atoms with van der Waals surface area (Å²) in [4.78, 5) is 14.7. The van der Waals surface area contributed by atoms with Crippen LogP contribution in [0.4, 0.5) is 0 Å². The molecule has 5 nitrogen and oxygen atoms in total. The standard InChI is InChI=1S/C35H23N5/c1-2-13-26(14-3-1)39-29-17-5-4-15-27(29)33-30(39)19-20-31-34(33)38-35(40(31)32-18-7-9-22-37-32)25-12-10-11-24(23-25)28-16-6-8-21-36-28/h1-23H. The number of imidazole rings is 1. The van der Waals surface area contributed by atoms with Crippen molar-refractivity contribution in [3.05, 3.63) is 140 Å². The molecule has 188 valence electrons. The first-order chi connectivity index (χ1) is 19.9. The van der Waals surface area contributed by atoms with Crippen LogP contribution >= 0.6 is 0 Å². The molecule has 4 aromatic carbocycles. The molecule has 40 heavy (non-hydrogen) atoms. The van der Waals surface area contributed by atoms with Gasteiger partial charge in [0.2, 0.25) is 0 Å². The quantitative estimate of drug-likeness (QED) is 0.238. The molecule has 4 heterocycles. The fourth-order valence-electron chi connectivity index (χ4n) is 5.71. The summed E-state index contributed by atoms with van der Waals surface area (Å²) in [6.07, 6.45) is 3.65. The maximum Gasteiger partial charge on any atom is 0.146 e. The molecule has 0 aliphatic carbocycles. The van der Waals surface area contributed by atoms with Gasteiger partial charge in [-0.25, -0.2) is 9.97 Å². The van der Waals surface area contributed by atoms with E-state index >= 15 is 0 Å². The van der Waals surface area contributed by atoms with Gasteiger partial charge in [0.05, 0.1) is 27.8 Å². The Labute approximate surface area is 230 Å². The lowest BCUT2D eigenvalue weighted by molar-refractivity contribution is 1.03. The molecule has 0 aliphatic heterocycles. The predicted molar refractivity (Wildman–Crippen MR) is 162 cm³/mol. The Morgan fingerprint density at radius 2 is 1.25 bits per heavy atom. The molecule has 0 saturated heterocycles. The maximum atomic E-state index is 5.37. The zero-order chi connectivity index (χ0) is 26.5. The Balaban J connectivity index is 1.47. The van der Waals surface area contributed by atoms with Crippen molar-refractivity contribution in [2.45, 2.75) is 0 Å². The highest BCUT2D eigenvalue weighted by Crippen LogP contribution is 2.39. The van der Waals surface area contributed by atoms with Crippen molar-refractivity contribution in [1.82, 2.24) is 24.1 Å². The van der Waals surface area contributed by atoms with Crippen molar-refractivity contribution in [3.8, 4) is 34.2 Å². The summed E-state index contributed by atoms with van der Waals surface area (Å²) in [5.41, 5.74) is 8.35. The number of hydrogen-bond acceptors (Lipinski definition) is 3. The third kappa shape index (κ3) is 3.45. The van der Waals surface area contributed by atoms with Gasteiger partial charge in [-0.3, -0.25) is 9.55 Å². The number of nitrogens with zero attached hydrogens (tertiary/aromatic N) is 5. The minimum absolute atomic E-state index is 0.828. The summed E-state index contributed by atoms with van der Waals surface area (Å²) in [5.74, 6) is 1.67. The van der Waals surface area contributed by atoms with Crippen molar-refractivity contribution in [3.63, 3.8) is 0 Å². The van der Waals surface area contributed by atoms with Crippen LogP contribution in [-0.2, 0) is 0 Å². The molecule has 4 aromatic heterocycles. The number of aromatic nitrogens is 5. The van der Waals surface area contributed by atoms with Gasteiger partial charge in [-0.15, -0.1) is 0 Å². The van der Waals surface area contributed by atoms with Gasteiger partial charge in [0, 0.05) is 40.0 Å². The number of benzene rings is 4. The number of pyridine rings is 2. The molecular weight excluding hydrogens is 490 g/mol. The van der Waals surface area contributed by atoms with Crippen molar-refractivity contribution >= 4 is 32.8 Å². The van der Waals surface area contributed by atoms with Crippen LogP contribution in [-0.4, -0.2) is 24.1 Å². The minimum Gasteiger partial charge on any atom is -0.309 e. The van der Waals surface area contributed by atoms with Crippen molar-refractivity contribution in [2.24, 2.45) is 0 Å². The fourth-order valence-corrected chi connectivity index (χ4v) is 5.71. The second-order valence-electron chi connectivity index (χ2n) is 9.77. The Hall–Kier alpha value is -5.55. The molecule has 8 rings (SSSR count). The Kier molecular flexibility index (Phi) is 5.07. The van der Waals surface area contributed by atoms with Crippen LogP contribution in [0.5, 0.6) is 0 Å². The Bertz CT molecular complexity index is 2140. The van der Waals surface area contributed by atoms with Crippen molar-refractivity contribution in [2.75, 3.05) is 0 Å². The average molecular weight is 514 g/mol. The molecular formula is C35H23N5. The van der Waals surface area contributed by atoms with Crippen LogP contribution in [0, 0.1) is 0 Å². The first-order valence-electron chi connectivity index (χ1n) is 13.3. The zero-order valence-corrected chi connectivity index (χ0v) is 21.5. The Morgan fingerprint density at radius 1 is 0.500 bits per heavy atom. The molecule has 8 aromatic rings. The van der Waals surface area contributed by atoms with Gasteiger partial charge in [0.1, 0.15) is 11.6 Å². The molecule has 0 amide bonds. The SMILES string of the molecule is c1ccc(-n2c3ccccc3c3c4nc(-c5cccc(-c6ccccn6)c5)n(-c5ccccn5)c4ccc32)cc1. The Morgan fingerprint density at radius 3 is 2.08 bits per heavy atom. The monoisotopic (exact) mass is 513 g/mol. The van der Waals surface area contributed by atoms with E-state index in [1.807, 2.05) is 48.8 Å². The molecule has 0 atom stereocenters. The predicted octanol–water partition coefficient (Wildman–Crippen LogP) is 8.25. The number of para-hydroxylation sites is 2. The zero-order valence-electron chi connectivity index (χ0n) is 21.5. The lowest BCUT2D eigenvalue weighted by atomic mass is 10.1. The van der Waals surface area contributed by atoms with E-state index in [4.69, 9.17) is 9.97 Å². The van der Waals surface area contributed by atoms with Crippen LogP contribution in [0.25, 0.3) is 67.0 Å². The summed E-state index contributed by atoms with van der Waals surface area (Å²) in [7, 11) is 0. The fraction of sp³-hybridized carbons (Fsp3) is 0. The van der Waals surface area contributed by atoms with Gasteiger partial charge in [0.25, 0.3) is 0 Å². The summed E-state index contributed by atoms with van der Waals surface area (Å²) >= 11 is 0. The van der Waals surface area contributed by atoms with Crippen LogP contribution in [0.15, 0.2) is 140 Å². The summed E-state index contributed by atoms with van der Waals surface area (Å²) < 4.78 is 4.49. The molecule has 5 heteroatoms. The highest BCUT2D eigenvalue weighted by molar-refractivity contribution is 6.20. The van der Waals surface area contributed by atoms with Gasteiger partial charge in [0.15, 0.2) is 0 Å². The van der Waals surface area contributed by atoms with E-state index in [2.05, 4.69) is 105 Å². The minimum atomic E-state index is 0.828. The van der Waals surface area contributed by atoms with E-state index in [1.165, 1.54) is 5.39 Å². The highest BCUT2D eigenvalue weighted by atomic mass is 15.1. The summed E-state index contributed by atoms with van der Waals surface area (Å²) in [6.45, 7) is 0. The van der Waals surface area contributed by atoms with Crippen molar-refractivity contribution < 1.29 is 0 Å². The third-order valence-corrected chi connectivity index (χ3v) is 7.43. The molecule has 0 radical (unpaired) electrons. The molecule has 0 fully saturated rings. The second-order valence-corrected chi connectivity index (χ2v) is 9.77. The summed E-state index contributed by atoms with van der Waals surface area (Å²) in [5, 5.41) is 2.31. The largest absolute Gasteiger partial charge is 0.309 e. The lowest BCUT2D eigenvalue weighted by Gasteiger charge is -2.10. The third-order valence-electron chi connectivity index (χ3n) is 7.43. The van der Waals surface area contributed by atoms with E-state index in [9.17, 15) is 0 Å². The van der Waals surface area contributed by atoms with Gasteiger partial charge in [-0.05, 0) is 60.7 Å². The lowest BCUT2D eigenvalue weighted by Crippen LogP contribution is -2.00. The normalized spacial score (nSPS) is 11.5. The van der Waals surface area contributed by atoms with Crippen LogP contribution in [0.1, 0.15) is 0 Å². The van der Waals surface area contributed by atoms with Gasteiger partial charge in [-0.2, -0.15) is 0 Å². The summed E-state index contributed by atoms with van der Waals surface area (Å²) in [6, 6.07) is 43.9. The van der Waals surface area contributed by atoms with E-state index < -0.39 is 0 Å². The number of rotatable bonds is 4. The van der Waals surface area contributed by atoms with Gasteiger partial charge < -0.3 is 4.57 Å². The highest BCUT2D eigenvalue weighted by Gasteiger charge is 2.21. The van der Waals surface area contributed by atoms with E-state index in [0.29, 0.717) is 0 Å². The maximum absolute atomic E-state index is 5.37. The molecule has 0 bridgehead atoms. The van der Waals surface area contributed by atoms with Gasteiger partial charge >= 0.3 is 0 Å². The van der Waals surface area contributed by atoms with Crippen LogP contribution in [0.3, 0.4) is 0 Å². The first kappa shape index (κ1) is 22.4. The van der Waals surface area contributed by atoms with E-state index in [0.717, 1.165) is 61.6 Å². The topological polar surface area (TPSA) is 48.5 Å². The number of hydrogen-bond donors (Lipinski definition) is 0. The van der Waals surface area contributed by atoms with Crippen LogP contribution < -0.4 is 0 Å². The number of fused-ring (bicyclic) bond motifs is 5.